The van der Waals surface area contributed by atoms with Gasteiger partial charge in [0.15, 0.2) is 4.96 Å². The minimum atomic E-state index is -2.85. The third-order valence-corrected chi connectivity index (χ3v) is 3.81. The van der Waals surface area contributed by atoms with Crippen molar-refractivity contribution in [3.05, 3.63) is 53.3 Å². The third-order valence-electron chi connectivity index (χ3n) is 3.04. The summed E-state index contributed by atoms with van der Waals surface area (Å²) in [6.07, 6.45) is 3.39. The third kappa shape index (κ3) is 3.20. The molecule has 1 aromatic carbocycles. The molecular weight excluding hydrogens is 298 g/mol. The minimum Gasteiger partial charge on any atom is -0.435 e. The maximum atomic E-state index is 12.1. The van der Waals surface area contributed by atoms with Gasteiger partial charge in [0.05, 0.1) is 11.8 Å². The molecule has 0 aliphatic carbocycles. The number of ether oxygens (including phenoxy) is 1. The summed E-state index contributed by atoms with van der Waals surface area (Å²) in [4.78, 5) is 5.27. The molecule has 0 aliphatic rings. The molecule has 7 heteroatoms. The van der Waals surface area contributed by atoms with Crippen LogP contribution < -0.4 is 4.74 Å². The van der Waals surface area contributed by atoms with E-state index in [0.29, 0.717) is 12.0 Å². The van der Waals surface area contributed by atoms with E-state index in [0.717, 1.165) is 10.7 Å². The number of thiazole rings is 1. The van der Waals surface area contributed by atoms with E-state index >= 15 is 0 Å². The van der Waals surface area contributed by atoms with Gasteiger partial charge < -0.3 is 9.84 Å². The fourth-order valence-electron chi connectivity index (χ4n) is 2.06. The van der Waals surface area contributed by atoms with E-state index in [1.165, 1.54) is 23.5 Å². The zero-order valence-electron chi connectivity index (χ0n) is 10.8. The highest BCUT2D eigenvalue weighted by Gasteiger charge is 2.12. The van der Waals surface area contributed by atoms with Crippen LogP contribution in [0.3, 0.4) is 0 Å². The second kappa shape index (κ2) is 5.79. The van der Waals surface area contributed by atoms with Gasteiger partial charge in [-0.2, -0.15) is 8.78 Å². The van der Waals surface area contributed by atoms with E-state index in [9.17, 15) is 13.9 Å². The Morgan fingerprint density at radius 2 is 2.05 bits per heavy atom. The topological polar surface area (TPSA) is 46.8 Å². The van der Waals surface area contributed by atoms with Crippen molar-refractivity contribution in [1.82, 2.24) is 9.38 Å². The van der Waals surface area contributed by atoms with Crippen LogP contribution in [-0.2, 0) is 6.42 Å². The molecule has 3 aromatic rings. The van der Waals surface area contributed by atoms with Crippen LogP contribution in [0.25, 0.3) is 4.96 Å². The normalized spacial score (nSPS) is 13.0. The second-order valence-electron chi connectivity index (χ2n) is 4.49. The zero-order valence-corrected chi connectivity index (χ0v) is 11.6. The molecule has 0 spiro atoms. The van der Waals surface area contributed by atoms with Gasteiger partial charge >= 0.3 is 6.61 Å². The minimum absolute atomic E-state index is 0.0726. The van der Waals surface area contributed by atoms with E-state index in [4.69, 9.17) is 0 Å². The summed E-state index contributed by atoms with van der Waals surface area (Å²) in [6, 6.07) is 5.97. The summed E-state index contributed by atoms with van der Waals surface area (Å²) < 4.78 is 30.3. The Hall–Kier alpha value is -1.99. The highest BCUT2D eigenvalue weighted by Crippen LogP contribution is 2.22. The van der Waals surface area contributed by atoms with E-state index in [1.807, 2.05) is 22.2 Å². The van der Waals surface area contributed by atoms with E-state index < -0.39 is 12.7 Å². The van der Waals surface area contributed by atoms with E-state index in [-0.39, 0.29) is 5.75 Å². The molecule has 0 bridgehead atoms. The number of aliphatic hydroxyl groups excluding tert-OH is 1. The number of imidazole rings is 1. The second-order valence-corrected chi connectivity index (χ2v) is 5.37. The summed E-state index contributed by atoms with van der Waals surface area (Å²) in [5.74, 6) is 0.0726. The molecule has 0 radical (unpaired) electrons. The van der Waals surface area contributed by atoms with Crippen LogP contribution in [-0.4, -0.2) is 21.1 Å². The number of halogens is 2. The SMILES string of the molecule is OC(Cc1cn2ccsc2n1)c1ccc(OC(F)F)cc1. The fraction of sp³-hybridized carbons (Fsp3) is 0.214. The van der Waals surface area contributed by atoms with Crippen molar-refractivity contribution in [3.8, 4) is 5.75 Å². The maximum Gasteiger partial charge on any atom is 0.387 e. The van der Waals surface area contributed by atoms with Gasteiger partial charge in [-0.15, -0.1) is 11.3 Å². The maximum absolute atomic E-state index is 12.1. The Labute approximate surface area is 123 Å². The summed E-state index contributed by atoms with van der Waals surface area (Å²) >= 11 is 1.52. The number of nitrogens with zero attached hydrogens (tertiary/aromatic N) is 2. The lowest BCUT2D eigenvalue weighted by Gasteiger charge is -2.10. The first kappa shape index (κ1) is 14.0. The van der Waals surface area contributed by atoms with Crippen LogP contribution in [0.1, 0.15) is 17.4 Å². The number of hydrogen-bond donors (Lipinski definition) is 1. The highest BCUT2D eigenvalue weighted by atomic mass is 32.1. The molecule has 0 fully saturated rings. The largest absolute Gasteiger partial charge is 0.435 e. The molecule has 21 heavy (non-hydrogen) atoms. The molecule has 4 nitrogen and oxygen atoms in total. The lowest BCUT2D eigenvalue weighted by molar-refractivity contribution is -0.0498. The number of alkyl halides is 2. The molecule has 1 N–H and O–H groups in total. The summed E-state index contributed by atoms with van der Waals surface area (Å²) in [5.41, 5.74) is 1.41. The van der Waals surface area contributed by atoms with Crippen LogP contribution >= 0.6 is 11.3 Å². The molecule has 3 rings (SSSR count). The number of fused-ring (bicyclic) bond motifs is 1. The molecule has 1 unspecified atom stereocenters. The molecule has 2 aromatic heterocycles. The lowest BCUT2D eigenvalue weighted by Crippen LogP contribution is -2.04. The predicted molar refractivity (Wildman–Crippen MR) is 74.8 cm³/mol. The number of aromatic nitrogens is 2. The van der Waals surface area contributed by atoms with Gasteiger partial charge in [0.25, 0.3) is 0 Å². The molecular formula is C14H12F2N2O2S. The van der Waals surface area contributed by atoms with Gasteiger partial charge in [-0.25, -0.2) is 4.98 Å². The Morgan fingerprint density at radius 3 is 2.71 bits per heavy atom. The van der Waals surface area contributed by atoms with Crippen LogP contribution in [0.15, 0.2) is 42.0 Å². The Balaban J connectivity index is 1.69. The molecule has 110 valence electrons. The van der Waals surface area contributed by atoms with Crippen molar-refractivity contribution in [2.75, 3.05) is 0 Å². The summed E-state index contributed by atoms with van der Waals surface area (Å²) in [6.45, 7) is -2.85. The Kier molecular flexibility index (Phi) is 3.85. The van der Waals surface area contributed by atoms with Gasteiger partial charge in [-0.3, -0.25) is 4.40 Å². The van der Waals surface area contributed by atoms with Gasteiger partial charge in [-0.05, 0) is 17.7 Å². The van der Waals surface area contributed by atoms with Crippen LogP contribution in [0.4, 0.5) is 8.78 Å². The molecule has 0 aliphatic heterocycles. The van der Waals surface area contributed by atoms with Gasteiger partial charge in [0, 0.05) is 24.2 Å². The Morgan fingerprint density at radius 1 is 1.29 bits per heavy atom. The van der Waals surface area contributed by atoms with Gasteiger partial charge in [0.1, 0.15) is 5.75 Å². The molecule has 0 saturated heterocycles. The predicted octanol–water partition coefficient (Wildman–Crippen LogP) is 3.27. The van der Waals surface area contributed by atoms with Gasteiger partial charge in [-0.1, -0.05) is 12.1 Å². The van der Waals surface area contributed by atoms with Crippen molar-refractivity contribution in [2.45, 2.75) is 19.1 Å². The van der Waals surface area contributed by atoms with E-state index in [2.05, 4.69) is 9.72 Å². The zero-order chi connectivity index (χ0) is 14.8. The van der Waals surface area contributed by atoms with Crippen molar-refractivity contribution in [2.24, 2.45) is 0 Å². The number of aliphatic hydroxyl groups is 1. The standard InChI is InChI=1S/C14H12F2N2O2S/c15-13(16)20-11-3-1-9(2-4-11)12(19)7-10-8-18-5-6-21-14(18)17-10/h1-6,8,12-13,19H,7H2. The average molecular weight is 310 g/mol. The first-order valence-electron chi connectivity index (χ1n) is 6.26. The first-order chi connectivity index (χ1) is 10.1. The van der Waals surface area contributed by atoms with Crippen molar-refractivity contribution >= 4 is 16.3 Å². The van der Waals surface area contributed by atoms with Crippen LogP contribution in [0.5, 0.6) is 5.75 Å². The summed E-state index contributed by atoms with van der Waals surface area (Å²) in [7, 11) is 0. The quantitative estimate of drug-likeness (QED) is 0.787. The van der Waals surface area contributed by atoms with Crippen LogP contribution in [0, 0.1) is 0 Å². The number of hydrogen-bond acceptors (Lipinski definition) is 4. The molecule has 1 atom stereocenters. The highest BCUT2D eigenvalue weighted by molar-refractivity contribution is 7.15. The molecule has 0 saturated carbocycles. The lowest BCUT2D eigenvalue weighted by atomic mass is 10.1. The van der Waals surface area contributed by atoms with Gasteiger partial charge in [0.2, 0.25) is 0 Å². The molecule has 2 heterocycles. The summed E-state index contributed by atoms with van der Waals surface area (Å²) in [5, 5.41) is 12.1. The Bertz CT molecular complexity index is 695. The van der Waals surface area contributed by atoms with Crippen LogP contribution in [0.2, 0.25) is 0 Å². The van der Waals surface area contributed by atoms with E-state index in [1.54, 1.807) is 12.1 Å². The van der Waals surface area contributed by atoms with Crippen molar-refractivity contribution in [1.29, 1.82) is 0 Å². The smallest absolute Gasteiger partial charge is 0.387 e. The van der Waals surface area contributed by atoms with Crippen molar-refractivity contribution in [3.63, 3.8) is 0 Å². The number of benzene rings is 1. The first-order valence-corrected chi connectivity index (χ1v) is 7.14. The molecule has 0 amide bonds. The number of rotatable bonds is 5. The van der Waals surface area contributed by atoms with Crippen molar-refractivity contribution < 1.29 is 18.6 Å². The monoisotopic (exact) mass is 310 g/mol. The fourth-order valence-corrected chi connectivity index (χ4v) is 2.78. The average Bonchev–Trinajstić information content (AvgIpc) is 2.99.